The first kappa shape index (κ1) is 40.1. The zero-order valence-corrected chi connectivity index (χ0v) is 30.5. The maximum absolute atomic E-state index is 5.56. The average Bonchev–Trinajstić information content (AvgIpc) is 2.97. The van der Waals surface area contributed by atoms with Gasteiger partial charge in [-0.25, -0.2) is 0 Å². The van der Waals surface area contributed by atoms with Crippen LogP contribution in [0.4, 0.5) is 0 Å². The zero-order chi connectivity index (χ0) is 29.8. The Morgan fingerprint density at radius 2 is 0.850 bits per heavy atom. The third-order valence-electron chi connectivity index (χ3n) is 8.21. The van der Waals surface area contributed by atoms with E-state index in [1.165, 1.54) is 63.5 Å². The molecule has 4 atom stereocenters. The standard InChI is InChI=1S/C30H68N2O6Si2/c1-25(33-3)23-27(13-11-21-39-29(35-5)36-6)15-19-31-17-9-10-18-32-20-16-28(24-26(2)34-4)14-12-22-40-30(37-7)38-8/h25-32H,9-24,39-40H2,1-8H3. The highest BCUT2D eigenvalue weighted by Gasteiger charge is 2.15. The third-order valence-corrected chi connectivity index (χ3v) is 12.3. The molecule has 0 heterocycles. The molecule has 0 fully saturated rings. The molecule has 0 aliphatic rings. The first-order chi connectivity index (χ1) is 19.4. The van der Waals surface area contributed by atoms with Crippen LogP contribution in [-0.2, 0) is 28.4 Å². The molecule has 0 spiro atoms. The molecule has 0 aliphatic carbocycles. The molecule has 0 bridgehead atoms. The molecule has 0 aromatic heterocycles. The van der Waals surface area contributed by atoms with Gasteiger partial charge in [0, 0.05) is 42.7 Å². The van der Waals surface area contributed by atoms with Crippen LogP contribution in [0.1, 0.15) is 78.1 Å². The van der Waals surface area contributed by atoms with Crippen LogP contribution in [0.25, 0.3) is 0 Å². The van der Waals surface area contributed by atoms with Gasteiger partial charge < -0.3 is 39.1 Å². The Hall–Kier alpha value is 0.114. The van der Waals surface area contributed by atoms with Crippen LogP contribution in [0.3, 0.4) is 0 Å². The third kappa shape index (κ3) is 23.7. The van der Waals surface area contributed by atoms with E-state index in [-0.39, 0.29) is 30.9 Å². The van der Waals surface area contributed by atoms with Gasteiger partial charge in [-0.05, 0) is 90.4 Å². The van der Waals surface area contributed by atoms with Gasteiger partial charge in [0.1, 0.15) is 11.8 Å². The van der Waals surface area contributed by atoms with Crippen molar-refractivity contribution in [3.63, 3.8) is 0 Å². The first-order valence-electron chi connectivity index (χ1n) is 16.0. The van der Waals surface area contributed by atoms with E-state index in [4.69, 9.17) is 28.4 Å². The topological polar surface area (TPSA) is 79.4 Å². The second-order valence-electron chi connectivity index (χ2n) is 11.5. The Morgan fingerprint density at radius 1 is 0.475 bits per heavy atom. The molecule has 0 aromatic carbocycles. The lowest BCUT2D eigenvalue weighted by atomic mass is 9.93. The van der Waals surface area contributed by atoms with Gasteiger partial charge in [-0.2, -0.15) is 0 Å². The fraction of sp³-hybridized carbons (Fsp3) is 1.00. The summed E-state index contributed by atoms with van der Waals surface area (Å²) in [5.41, 5.74) is 0. The number of rotatable bonds is 31. The summed E-state index contributed by atoms with van der Waals surface area (Å²) < 4.78 is 32.6. The number of methoxy groups -OCH3 is 6. The van der Waals surface area contributed by atoms with Crippen LogP contribution >= 0.6 is 0 Å². The molecule has 4 unspecified atom stereocenters. The molecule has 40 heavy (non-hydrogen) atoms. The molecule has 242 valence electrons. The van der Waals surface area contributed by atoms with Crippen LogP contribution in [0.2, 0.25) is 12.1 Å². The Morgan fingerprint density at radius 3 is 1.18 bits per heavy atom. The molecule has 0 saturated heterocycles. The minimum atomic E-state index is -0.321. The Balaban J connectivity index is 4.03. The van der Waals surface area contributed by atoms with E-state index in [1.807, 2.05) is 14.2 Å². The lowest BCUT2D eigenvalue weighted by Gasteiger charge is -2.21. The smallest absolute Gasteiger partial charge is 0.134 e. The minimum absolute atomic E-state index is 0.0654. The summed E-state index contributed by atoms with van der Waals surface area (Å²) in [5.74, 6) is 1.57. The largest absolute Gasteiger partial charge is 0.382 e. The van der Waals surface area contributed by atoms with Gasteiger partial charge >= 0.3 is 0 Å². The summed E-state index contributed by atoms with van der Waals surface area (Å²) in [4.78, 5) is 0. The second-order valence-corrected chi connectivity index (χ2v) is 15.4. The molecule has 0 saturated carbocycles. The van der Waals surface area contributed by atoms with Gasteiger partial charge in [0.25, 0.3) is 0 Å². The fourth-order valence-electron chi connectivity index (χ4n) is 5.41. The molecule has 0 amide bonds. The molecule has 0 aromatic rings. The molecule has 10 heteroatoms. The number of hydrogen-bond donors (Lipinski definition) is 2. The van der Waals surface area contributed by atoms with Crippen LogP contribution in [0, 0.1) is 11.8 Å². The summed E-state index contributed by atoms with van der Waals surface area (Å²) in [6.07, 6.45) is 13.0. The van der Waals surface area contributed by atoms with Crippen molar-refractivity contribution >= 4 is 19.0 Å². The quantitative estimate of drug-likeness (QED) is 0.0701. The summed E-state index contributed by atoms with van der Waals surface area (Å²) in [6, 6.07) is 2.56. The van der Waals surface area contributed by atoms with Crippen molar-refractivity contribution in [3.8, 4) is 0 Å². The fourth-order valence-corrected chi connectivity index (χ4v) is 8.17. The Labute approximate surface area is 252 Å². The van der Waals surface area contributed by atoms with Gasteiger partial charge in [-0.3, -0.25) is 0 Å². The van der Waals surface area contributed by atoms with E-state index in [1.54, 1.807) is 28.4 Å². The average molecular weight is 609 g/mol. The molecule has 8 nitrogen and oxygen atoms in total. The van der Waals surface area contributed by atoms with Crippen molar-refractivity contribution in [2.24, 2.45) is 11.8 Å². The van der Waals surface area contributed by atoms with E-state index in [2.05, 4.69) is 24.5 Å². The van der Waals surface area contributed by atoms with E-state index in [0.717, 1.165) is 50.9 Å². The first-order valence-corrected chi connectivity index (χ1v) is 19.6. The van der Waals surface area contributed by atoms with Crippen LogP contribution in [-0.4, -0.2) is 112 Å². The molecule has 0 radical (unpaired) electrons. The SMILES string of the molecule is COC(C)CC(CCC[SiH2]C(OC)OC)CCNCCCCNCCC(CCC[SiH2]C(OC)OC)CC(C)OC. The predicted octanol–water partition coefficient (Wildman–Crippen LogP) is 3.70. The lowest BCUT2D eigenvalue weighted by molar-refractivity contribution is -0.0442. The minimum Gasteiger partial charge on any atom is -0.382 e. The number of ether oxygens (including phenoxy) is 6. The van der Waals surface area contributed by atoms with Crippen LogP contribution in [0.15, 0.2) is 0 Å². The summed E-state index contributed by atoms with van der Waals surface area (Å²) in [7, 11) is 10.0. The second kappa shape index (κ2) is 29.2. The Bertz CT molecular complexity index is 475. The van der Waals surface area contributed by atoms with Gasteiger partial charge in [-0.15, -0.1) is 0 Å². The summed E-state index contributed by atoms with van der Waals surface area (Å²) >= 11 is 0. The predicted molar refractivity (Wildman–Crippen MR) is 174 cm³/mol. The Kier molecular flexibility index (Phi) is 29.3. The van der Waals surface area contributed by atoms with Crippen molar-refractivity contribution in [3.05, 3.63) is 0 Å². The normalized spacial score (nSPS) is 15.8. The van der Waals surface area contributed by atoms with Gasteiger partial charge in [0.05, 0.1) is 31.2 Å². The zero-order valence-electron chi connectivity index (χ0n) is 27.6. The monoisotopic (exact) mass is 608 g/mol. The molecular weight excluding hydrogens is 541 g/mol. The number of nitrogens with one attached hydrogen (secondary N) is 2. The highest BCUT2D eigenvalue weighted by Crippen LogP contribution is 2.21. The molecular formula is C30H68N2O6Si2. The van der Waals surface area contributed by atoms with E-state index >= 15 is 0 Å². The van der Waals surface area contributed by atoms with Crippen molar-refractivity contribution in [1.82, 2.24) is 10.6 Å². The van der Waals surface area contributed by atoms with E-state index in [9.17, 15) is 0 Å². The van der Waals surface area contributed by atoms with Crippen molar-refractivity contribution in [2.75, 3.05) is 68.8 Å². The van der Waals surface area contributed by atoms with Crippen molar-refractivity contribution in [1.29, 1.82) is 0 Å². The number of unbranched alkanes of at least 4 members (excludes halogenated alkanes) is 1. The van der Waals surface area contributed by atoms with E-state index in [0.29, 0.717) is 12.2 Å². The molecule has 0 aliphatic heterocycles. The highest BCUT2D eigenvalue weighted by molar-refractivity contribution is 6.36. The number of hydrogen-bond acceptors (Lipinski definition) is 8. The van der Waals surface area contributed by atoms with Crippen molar-refractivity contribution < 1.29 is 28.4 Å². The van der Waals surface area contributed by atoms with Gasteiger partial charge in [0.15, 0.2) is 0 Å². The summed E-state index contributed by atoms with van der Waals surface area (Å²) in [6.45, 7) is 8.79. The van der Waals surface area contributed by atoms with Gasteiger partial charge in [-0.1, -0.05) is 37.8 Å². The lowest BCUT2D eigenvalue weighted by Crippen LogP contribution is -2.24. The highest BCUT2D eigenvalue weighted by atomic mass is 28.2. The molecule has 0 rings (SSSR count). The van der Waals surface area contributed by atoms with Crippen LogP contribution < -0.4 is 10.6 Å². The summed E-state index contributed by atoms with van der Waals surface area (Å²) in [5, 5.41) is 7.38. The maximum Gasteiger partial charge on any atom is 0.134 e. The van der Waals surface area contributed by atoms with Gasteiger partial charge in [0.2, 0.25) is 0 Å². The molecule has 2 N–H and O–H groups in total. The maximum atomic E-state index is 5.56. The van der Waals surface area contributed by atoms with Crippen LogP contribution in [0.5, 0.6) is 0 Å². The van der Waals surface area contributed by atoms with Crippen molar-refractivity contribution in [2.45, 2.75) is 114 Å². The van der Waals surface area contributed by atoms with E-state index < -0.39 is 0 Å².